The monoisotopic (exact) mass is 408 g/mol. The van der Waals surface area contributed by atoms with Crippen LogP contribution in [0.4, 0.5) is 0 Å². The molecule has 0 radical (unpaired) electrons. The van der Waals surface area contributed by atoms with E-state index in [1.54, 1.807) is 18.5 Å². The number of hydrogen-bond acceptors (Lipinski definition) is 4. The standard InChI is InChI=1S/C23H40N2O4/c1-18(26)12-8-5-4-6-11-15-20-21(27)24(3)22(28)25(20)17-16-23(2,29)19-13-9-7-10-14-19/h19,27,29H,4-17H2,1-3H3. The van der Waals surface area contributed by atoms with Gasteiger partial charge in [0.05, 0.1) is 11.3 Å². The van der Waals surface area contributed by atoms with Crippen LogP contribution < -0.4 is 5.69 Å². The van der Waals surface area contributed by atoms with Crippen LogP contribution in [0.5, 0.6) is 5.88 Å². The van der Waals surface area contributed by atoms with E-state index in [-0.39, 0.29) is 17.4 Å². The summed E-state index contributed by atoms with van der Waals surface area (Å²) in [6, 6.07) is 0. The van der Waals surface area contributed by atoms with Crippen molar-refractivity contribution in [3.8, 4) is 5.88 Å². The third-order valence-electron chi connectivity index (χ3n) is 6.69. The molecule has 6 nitrogen and oxygen atoms in total. The Morgan fingerprint density at radius 1 is 1.10 bits per heavy atom. The number of aromatic hydroxyl groups is 1. The normalized spacial score (nSPS) is 17.4. The molecule has 6 heteroatoms. The number of imidazole rings is 1. The van der Waals surface area contributed by atoms with Crippen LogP contribution in [-0.4, -0.2) is 30.7 Å². The maximum Gasteiger partial charge on any atom is 0.331 e. The van der Waals surface area contributed by atoms with Crippen LogP contribution in [0.25, 0.3) is 0 Å². The molecule has 0 saturated heterocycles. The fraction of sp³-hybridized carbons (Fsp3) is 0.826. The molecule has 166 valence electrons. The summed E-state index contributed by atoms with van der Waals surface area (Å²) in [5.41, 5.74) is -0.307. The second kappa shape index (κ2) is 11.0. The predicted octanol–water partition coefficient (Wildman–Crippen LogP) is 4.09. The molecule has 1 aromatic heterocycles. The first-order chi connectivity index (χ1) is 13.7. The maximum atomic E-state index is 12.6. The van der Waals surface area contributed by atoms with E-state index in [9.17, 15) is 19.8 Å². The molecule has 29 heavy (non-hydrogen) atoms. The molecule has 0 aromatic carbocycles. The van der Waals surface area contributed by atoms with E-state index in [0.717, 1.165) is 44.9 Å². The Morgan fingerprint density at radius 2 is 1.72 bits per heavy atom. The number of hydrogen-bond donors (Lipinski definition) is 2. The molecule has 1 aliphatic carbocycles. The molecule has 2 N–H and O–H groups in total. The van der Waals surface area contributed by atoms with Crippen molar-refractivity contribution in [3.05, 3.63) is 16.2 Å². The van der Waals surface area contributed by atoms with Crippen molar-refractivity contribution in [3.63, 3.8) is 0 Å². The molecular weight excluding hydrogens is 368 g/mol. The Morgan fingerprint density at radius 3 is 2.38 bits per heavy atom. The van der Waals surface area contributed by atoms with Gasteiger partial charge in [-0.3, -0.25) is 9.13 Å². The maximum absolute atomic E-state index is 12.6. The molecule has 1 saturated carbocycles. The number of Topliss-reactive ketones (excluding diaryl/α,β-unsaturated/α-hetero) is 1. The Hall–Kier alpha value is -1.56. The summed E-state index contributed by atoms with van der Waals surface area (Å²) in [5, 5.41) is 21.4. The Balaban J connectivity index is 1.91. The highest BCUT2D eigenvalue weighted by atomic mass is 16.3. The summed E-state index contributed by atoms with van der Waals surface area (Å²) >= 11 is 0. The van der Waals surface area contributed by atoms with E-state index in [4.69, 9.17) is 0 Å². The van der Waals surface area contributed by atoms with Crippen molar-refractivity contribution >= 4 is 5.78 Å². The van der Waals surface area contributed by atoms with Crippen LogP contribution >= 0.6 is 0 Å². The average molecular weight is 409 g/mol. The van der Waals surface area contributed by atoms with Crippen LogP contribution in [0.2, 0.25) is 0 Å². The summed E-state index contributed by atoms with van der Waals surface area (Å²) in [5.74, 6) is 0.582. The summed E-state index contributed by atoms with van der Waals surface area (Å²) in [6.07, 6.45) is 12.5. The van der Waals surface area contributed by atoms with Gasteiger partial charge in [-0.15, -0.1) is 0 Å². The molecular formula is C23H40N2O4. The van der Waals surface area contributed by atoms with Gasteiger partial charge in [0.2, 0.25) is 5.88 Å². The number of unbranched alkanes of at least 4 members (excludes halogenated alkanes) is 4. The zero-order chi connectivity index (χ0) is 21.4. The first-order valence-electron chi connectivity index (χ1n) is 11.4. The summed E-state index contributed by atoms with van der Waals surface area (Å²) in [4.78, 5) is 23.6. The summed E-state index contributed by atoms with van der Waals surface area (Å²) < 4.78 is 2.96. The zero-order valence-electron chi connectivity index (χ0n) is 18.6. The van der Waals surface area contributed by atoms with Gasteiger partial charge in [0.15, 0.2) is 0 Å². The molecule has 1 aromatic rings. The highest BCUT2D eigenvalue weighted by Gasteiger charge is 2.33. The van der Waals surface area contributed by atoms with E-state index in [1.807, 2.05) is 6.92 Å². The minimum absolute atomic E-state index is 0.0453. The lowest BCUT2D eigenvalue weighted by molar-refractivity contribution is -0.117. The molecule has 2 rings (SSSR count). The van der Waals surface area contributed by atoms with Crippen molar-refractivity contribution in [2.24, 2.45) is 13.0 Å². The number of carbonyl (C=O) groups excluding carboxylic acids is 1. The lowest BCUT2D eigenvalue weighted by Gasteiger charge is -2.35. The van der Waals surface area contributed by atoms with Gasteiger partial charge < -0.3 is 15.0 Å². The third-order valence-corrected chi connectivity index (χ3v) is 6.69. The predicted molar refractivity (Wildman–Crippen MR) is 115 cm³/mol. The number of aliphatic hydroxyl groups is 1. The van der Waals surface area contributed by atoms with Gasteiger partial charge in [-0.1, -0.05) is 38.5 Å². The van der Waals surface area contributed by atoms with Gasteiger partial charge in [0.1, 0.15) is 5.78 Å². The van der Waals surface area contributed by atoms with Crippen molar-refractivity contribution < 1.29 is 15.0 Å². The van der Waals surface area contributed by atoms with E-state index in [0.29, 0.717) is 37.4 Å². The van der Waals surface area contributed by atoms with Crippen LogP contribution in [0.15, 0.2) is 4.79 Å². The van der Waals surface area contributed by atoms with Crippen LogP contribution in [0.3, 0.4) is 0 Å². The number of carbonyl (C=O) groups is 1. The zero-order valence-corrected chi connectivity index (χ0v) is 18.6. The second-order valence-electron chi connectivity index (χ2n) is 9.18. The van der Waals surface area contributed by atoms with Gasteiger partial charge in [-0.2, -0.15) is 0 Å². The molecule has 0 spiro atoms. The quantitative estimate of drug-likeness (QED) is 0.510. The first kappa shape index (κ1) is 23.7. The Kier molecular flexibility index (Phi) is 9.00. The minimum Gasteiger partial charge on any atom is -0.493 e. The van der Waals surface area contributed by atoms with E-state index in [1.165, 1.54) is 23.8 Å². The van der Waals surface area contributed by atoms with Gasteiger partial charge in [0, 0.05) is 20.0 Å². The molecule has 1 aliphatic rings. The van der Waals surface area contributed by atoms with Crippen molar-refractivity contribution in [2.75, 3.05) is 0 Å². The molecule has 0 amide bonds. The van der Waals surface area contributed by atoms with Crippen molar-refractivity contribution in [2.45, 2.75) is 109 Å². The fourth-order valence-corrected chi connectivity index (χ4v) is 4.64. The minimum atomic E-state index is -0.778. The largest absolute Gasteiger partial charge is 0.493 e. The second-order valence-corrected chi connectivity index (χ2v) is 9.18. The number of ketones is 1. The van der Waals surface area contributed by atoms with Crippen LogP contribution in [0.1, 0.15) is 96.6 Å². The molecule has 1 atom stereocenters. The van der Waals surface area contributed by atoms with E-state index >= 15 is 0 Å². The molecule has 1 fully saturated rings. The molecule has 0 bridgehead atoms. The Bertz CT molecular complexity index is 711. The SMILES string of the molecule is CC(=O)CCCCCCCc1c(O)n(C)c(=O)n1CCC(C)(O)C1CCCCC1. The highest BCUT2D eigenvalue weighted by Crippen LogP contribution is 2.35. The third kappa shape index (κ3) is 6.73. The lowest BCUT2D eigenvalue weighted by Crippen LogP contribution is -2.38. The van der Waals surface area contributed by atoms with Crippen molar-refractivity contribution in [1.29, 1.82) is 0 Å². The number of aromatic nitrogens is 2. The fourth-order valence-electron chi connectivity index (χ4n) is 4.64. The molecule has 1 unspecified atom stereocenters. The number of nitrogens with zero attached hydrogens (tertiary/aromatic N) is 2. The lowest BCUT2D eigenvalue weighted by atomic mass is 9.76. The highest BCUT2D eigenvalue weighted by molar-refractivity contribution is 5.75. The van der Waals surface area contributed by atoms with E-state index < -0.39 is 5.60 Å². The van der Waals surface area contributed by atoms with Gasteiger partial charge in [-0.05, 0) is 58.3 Å². The molecule has 1 heterocycles. The van der Waals surface area contributed by atoms with E-state index in [2.05, 4.69) is 0 Å². The smallest absolute Gasteiger partial charge is 0.331 e. The average Bonchev–Trinajstić information content (AvgIpc) is 2.89. The topological polar surface area (TPSA) is 84.5 Å². The van der Waals surface area contributed by atoms with Crippen LogP contribution in [0, 0.1) is 5.92 Å². The van der Waals surface area contributed by atoms with Gasteiger partial charge in [0.25, 0.3) is 0 Å². The van der Waals surface area contributed by atoms with Gasteiger partial charge in [-0.25, -0.2) is 4.79 Å². The Labute approximate surface area is 174 Å². The first-order valence-corrected chi connectivity index (χ1v) is 11.4. The molecule has 0 aliphatic heterocycles. The van der Waals surface area contributed by atoms with Gasteiger partial charge >= 0.3 is 5.69 Å². The summed E-state index contributed by atoms with van der Waals surface area (Å²) in [6.45, 7) is 3.96. The van der Waals surface area contributed by atoms with Crippen LogP contribution in [-0.2, 0) is 24.8 Å². The number of rotatable bonds is 12. The van der Waals surface area contributed by atoms with Crippen molar-refractivity contribution in [1.82, 2.24) is 9.13 Å². The summed E-state index contributed by atoms with van der Waals surface area (Å²) in [7, 11) is 1.60.